The van der Waals surface area contributed by atoms with Gasteiger partial charge in [0.15, 0.2) is 0 Å². The zero-order chi connectivity index (χ0) is 11.4. The van der Waals surface area contributed by atoms with E-state index in [0.717, 1.165) is 17.2 Å². The molecule has 2 aromatic rings. The number of halogens is 1. The van der Waals surface area contributed by atoms with Gasteiger partial charge < -0.3 is 10.1 Å². The molecule has 0 amide bonds. The molecule has 3 heteroatoms. The maximum absolute atomic E-state index is 5.79. The molecule has 0 saturated carbocycles. The van der Waals surface area contributed by atoms with Crippen LogP contribution in [0.5, 0.6) is 11.5 Å². The first-order chi connectivity index (χ1) is 7.78. The lowest BCUT2D eigenvalue weighted by molar-refractivity contribution is 0.483. The predicted molar refractivity (Wildman–Crippen MR) is 67.5 cm³/mol. The van der Waals surface area contributed by atoms with Crippen LogP contribution in [0.15, 0.2) is 48.5 Å². The quantitative estimate of drug-likeness (QED) is 0.859. The zero-order valence-electron chi connectivity index (χ0n) is 8.91. The van der Waals surface area contributed by atoms with E-state index in [1.807, 2.05) is 43.4 Å². The number of benzene rings is 2. The van der Waals surface area contributed by atoms with Crippen molar-refractivity contribution in [3.8, 4) is 11.5 Å². The van der Waals surface area contributed by atoms with Gasteiger partial charge in [0.1, 0.15) is 11.5 Å². The molecule has 16 heavy (non-hydrogen) atoms. The van der Waals surface area contributed by atoms with Crippen LogP contribution in [0.4, 0.5) is 5.69 Å². The van der Waals surface area contributed by atoms with Crippen LogP contribution in [0.1, 0.15) is 0 Å². The van der Waals surface area contributed by atoms with Crippen LogP contribution in [0.25, 0.3) is 0 Å². The average Bonchev–Trinajstić information content (AvgIpc) is 2.33. The molecule has 0 unspecified atom stereocenters. The molecule has 2 rings (SSSR count). The van der Waals surface area contributed by atoms with Crippen molar-refractivity contribution in [2.24, 2.45) is 0 Å². The molecule has 0 spiro atoms. The van der Waals surface area contributed by atoms with Crippen LogP contribution in [-0.2, 0) is 0 Å². The molecule has 2 nitrogen and oxygen atoms in total. The van der Waals surface area contributed by atoms with E-state index in [1.54, 1.807) is 12.1 Å². The number of hydrogen-bond donors (Lipinski definition) is 1. The molecule has 0 heterocycles. The number of ether oxygens (including phenoxy) is 1. The molecule has 2 aromatic carbocycles. The van der Waals surface area contributed by atoms with Crippen molar-refractivity contribution in [3.05, 3.63) is 53.6 Å². The highest BCUT2D eigenvalue weighted by Gasteiger charge is 1.97. The van der Waals surface area contributed by atoms with E-state index in [2.05, 4.69) is 5.32 Å². The van der Waals surface area contributed by atoms with Crippen LogP contribution in [0, 0.1) is 0 Å². The van der Waals surface area contributed by atoms with E-state index < -0.39 is 0 Å². The summed E-state index contributed by atoms with van der Waals surface area (Å²) < 4.78 is 5.65. The van der Waals surface area contributed by atoms with E-state index in [-0.39, 0.29) is 0 Å². The Labute approximate surface area is 99.8 Å². The second kappa shape index (κ2) is 4.90. The molecular weight excluding hydrogens is 222 g/mol. The summed E-state index contributed by atoms with van der Waals surface area (Å²) in [4.78, 5) is 0. The van der Waals surface area contributed by atoms with Gasteiger partial charge in [-0.2, -0.15) is 0 Å². The minimum atomic E-state index is 0.706. The lowest BCUT2D eigenvalue weighted by atomic mass is 10.3. The maximum atomic E-state index is 5.79. The highest BCUT2D eigenvalue weighted by atomic mass is 35.5. The summed E-state index contributed by atoms with van der Waals surface area (Å²) in [7, 11) is 1.88. The number of nitrogens with one attached hydrogen (secondary N) is 1. The van der Waals surface area contributed by atoms with Crippen molar-refractivity contribution in [1.29, 1.82) is 0 Å². The Kier molecular flexibility index (Phi) is 3.32. The smallest absolute Gasteiger partial charge is 0.127 e. The lowest BCUT2D eigenvalue weighted by Gasteiger charge is -2.06. The Balaban J connectivity index is 2.11. The van der Waals surface area contributed by atoms with Gasteiger partial charge in [-0.25, -0.2) is 0 Å². The van der Waals surface area contributed by atoms with E-state index >= 15 is 0 Å². The summed E-state index contributed by atoms with van der Waals surface area (Å²) in [6.07, 6.45) is 0. The van der Waals surface area contributed by atoms with Crippen LogP contribution >= 0.6 is 11.6 Å². The Morgan fingerprint density at radius 1 is 0.875 bits per heavy atom. The predicted octanol–water partition coefficient (Wildman–Crippen LogP) is 4.17. The fourth-order valence-electron chi connectivity index (χ4n) is 1.33. The summed E-state index contributed by atoms with van der Waals surface area (Å²) in [5, 5.41) is 3.76. The molecule has 0 bridgehead atoms. The fourth-order valence-corrected chi connectivity index (χ4v) is 1.45. The van der Waals surface area contributed by atoms with Crippen molar-refractivity contribution >= 4 is 17.3 Å². The summed E-state index contributed by atoms with van der Waals surface area (Å²) >= 11 is 5.79. The SMILES string of the molecule is CNc1ccc(Oc2ccc(Cl)cc2)cc1. The van der Waals surface area contributed by atoms with Gasteiger partial charge in [0.05, 0.1) is 0 Å². The third kappa shape index (κ3) is 2.67. The normalized spacial score (nSPS) is 9.88. The van der Waals surface area contributed by atoms with E-state index in [0.29, 0.717) is 5.02 Å². The second-order valence-electron chi connectivity index (χ2n) is 3.33. The van der Waals surface area contributed by atoms with Gasteiger partial charge in [-0.3, -0.25) is 0 Å². The molecule has 0 aliphatic heterocycles. The highest BCUT2D eigenvalue weighted by molar-refractivity contribution is 6.30. The molecule has 0 aromatic heterocycles. The van der Waals surface area contributed by atoms with Gasteiger partial charge in [0, 0.05) is 17.8 Å². The molecule has 0 fully saturated rings. The molecule has 0 radical (unpaired) electrons. The third-order valence-corrected chi connectivity index (χ3v) is 2.44. The fraction of sp³-hybridized carbons (Fsp3) is 0.0769. The largest absolute Gasteiger partial charge is 0.457 e. The Morgan fingerprint density at radius 2 is 1.38 bits per heavy atom. The molecule has 0 aliphatic carbocycles. The summed E-state index contributed by atoms with van der Waals surface area (Å²) in [6.45, 7) is 0. The number of anilines is 1. The van der Waals surface area contributed by atoms with Gasteiger partial charge >= 0.3 is 0 Å². The first kappa shape index (κ1) is 10.8. The van der Waals surface area contributed by atoms with Gasteiger partial charge in [0.25, 0.3) is 0 Å². The van der Waals surface area contributed by atoms with E-state index in [4.69, 9.17) is 16.3 Å². The Hall–Kier alpha value is -1.67. The molecule has 1 N–H and O–H groups in total. The number of hydrogen-bond acceptors (Lipinski definition) is 2. The first-order valence-corrected chi connectivity index (χ1v) is 5.37. The van der Waals surface area contributed by atoms with Gasteiger partial charge in [0.2, 0.25) is 0 Å². The Morgan fingerprint density at radius 3 is 1.88 bits per heavy atom. The summed E-state index contributed by atoms with van der Waals surface area (Å²) in [5.41, 5.74) is 1.06. The van der Waals surface area contributed by atoms with Gasteiger partial charge in [-0.15, -0.1) is 0 Å². The van der Waals surface area contributed by atoms with Crippen molar-refractivity contribution in [1.82, 2.24) is 0 Å². The van der Waals surface area contributed by atoms with E-state index in [9.17, 15) is 0 Å². The summed E-state index contributed by atoms with van der Waals surface area (Å²) in [5.74, 6) is 1.59. The Bertz CT molecular complexity index is 450. The van der Waals surface area contributed by atoms with Gasteiger partial charge in [-0.05, 0) is 48.5 Å². The maximum Gasteiger partial charge on any atom is 0.127 e. The van der Waals surface area contributed by atoms with Crippen LogP contribution in [0.3, 0.4) is 0 Å². The number of rotatable bonds is 3. The summed E-state index contributed by atoms with van der Waals surface area (Å²) in [6, 6.07) is 15.1. The van der Waals surface area contributed by atoms with Crippen LogP contribution in [0.2, 0.25) is 5.02 Å². The lowest BCUT2D eigenvalue weighted by Crippen LogP contribution is -1.88. The monoisotopic (exact) mass is 233 g/mol. The zero-order valence-corrected chi connectivity index (χ0v) is 9.66. The topological polar surface area (TPSA) is 21.3 Å². The molecule has 0 aliphatic rings. The molecule has 0 saturated heterocycles. The standard InChI is InChI=1S/C13H12ClNO/c1-15-11-4-8-13(9-5-11)16-12-6-2-10(14)3-7-12/h2-9,15H,1H3. The van der Waals surface area contributed by atoms with Crippen LogP contribution < -0.4 is 10.1 Å². The van der Waals surface area contributed by atoms with Crippen molar-refractivity contribution in [3.63, 3.8) is 0 Å². The molecule has 0 atom stereocenters. The van der Waals surface area contributed by atoms with Crippen molar-refractivity contribution in [2.45, 2.75) is 0 Å². The minimum absolute atomic E-state index is 0.706. The van der Waals surface area contributed by atoms with Gasteiger partial charge in [-0.1, -0.05) is 11.6 Å². The van der Waals surface area contributed by atoms with Crippen molar-refractivity contribution in [2.75, 3.05) is 12.4 Å². The molecule has 82 valence electrons. The second-order valence-corrected chi connectivity index (χ2v) is 3.77. The highest BCUT2D eigenvalue weighted by Crippen LogP contribution is 2.24. The molecular formula is C13H12ClNO. The van der Waals surface area contributed by atoms with Crippen molar-refractivity contribution < 1.29 is 4.74 Å². The van der Waals surface area contributed by atoms with Crippen LogP contribution in [-0.4, -0.2) is 7.05 Å². The first-order valence-electron chi connectivity index (χ1n) is 4.99. The minimum Gasteiger partial charge on any atom is -0.457 e. The average molecular weight is 234 g/mol. The third-order valence-electron chi connectivity index (χ3n) is 2.19. The van der Waals surface area contributed by atoms with E-state index in [1.165, 1.54) is 0 Å².